The first-order valence-electron chi connectivity index (χ1n) is 8.17. The number of aryl methyl sites for hydroxylation is 3. The number of para-hydroxylation sites is 1. The van der Waals surface area contributed by atoms with Gasteiger partial charge >= 0.3 is 0 Å². The van der Waals surface area contributed by atoms with Gasteiger partial charge in [-0.25, -0.2) is 0 Å². The number of anilines is 1. The predicted molar refractivity (Wildman–Crippen MR) is 95.1 cm³/mol. The molecule has 3 nitrogen and oxygen atoms in total. The number of carbonyl (C=O) groups is 1. The summed E-state index contributed by atoms with van der Waals surface area (Å²) in [6.07, 6.45) is 0.999. The molecule has 1 N–H and O–H groups in total. The monoisotopic (exact) mass is 311 g/mol. The first-order valence-corrected chi connectivity index (χ1v) is 8.17. The zero-order valence-corrected chi connectivity index (χ0v) is 14.3. The van der Waals surface area contributed by atoms with Crippen LogP contribution in [0.3, 0.4) is 0 Å². The minimum atomic E-state index is -0.500. The number of ether oxygens (including phenoxy) is 1. The zero-order chi connectivity index (χ0) is 16.8. The van der Waals surface area contributed by atoms with Crippen LogP contribution in [-0.4, -0.2) is 12.0 Å². The van der Waals surface area contributed by atoms with Crippen molar-refractivity contribution in [3.63, 3.8) is 0 Å². The van der Waals surface area contributed by atoms with E-state index in [1.165, 1.54) is 0 Å². The molecule has 0 aromatic heterocycles. The van der Waals surface area contributed by atoms with Gasteiger partial charge in [-0.15, -0.1) is 0 Å². The maximum Gasteiger partial charge on any atom is 0.265 e. The molecule has 0 spiro atoms. The number of amides is 1. The first-order chi connectivity index (χ1) is 11.0. The van der Waals surface area contributed by atoms with Crippen LogP contribution >= 0.6 is 0 Å². The highest BCUT2D eigenvalue weighted by molar-refractivity contribution is 5.95. The van der Waals surface area contributed by atoms with Gasteiger partial charge in [0.05, 0.1) is 0 Å². The quantitative estimate of drug-likeness (QED) is 0.842. The Morgan fingerprint density at radius 3 is 2.57 bits per heavy atom. The molecule has 0 heterocycles. The van der Waals surface area contributed by atoms with Gasteiger partial charge in [0.25, 0.3) is 5.91 Å². The SMILES string of the molecule is CCc1ccccc1NC(=O)[C@@H](CC)Oc1cc(C)ccc1C. The van der Waals surface area contributed by atoms with Crippen molar-refractivity contribution in [1.82, 2.24) is 0 Å². The van der Waals surface area contributed by atoms with E-state index in [9.17, 15) is 4.79 Å². The molecule has 0 unspecified atom stereocenters. The van der Waals surface area contributed by atoms with Gasteiger partial charge in [-0.1, -0.05) is 44.2 Å². The molecule has 1 atom stereocenters. The van der Waals surface area contributed by atoms with Crippen molar-refractivity contribution in [3.05, 3.63) is 59.2 Å². The summed E-state index contributed by atoms with van der Waals surface area (Å²) < 4.78 is 5.97. The van der Waals surface area contributed by atoms with E-state index in [1.807, 2.05) is 63.2 Å². The lowest BCUT2D eigenvalue weighted by Crippen LogP contribution is -2.32. The number of carbonyl (C=O) groups excluding carboxylic acids is 1. The standard InChI is InChI=1S/C20H25NO2/c1-5-16-9-7-8-10-17(16)21-20(22)18(6-2)23-19-13-14(3)11-12-15(19)4/h7-13,18H,5-6H2,1-4H3,(H,21,22)/t18-/m1/s1. The van der Waals surface area contributed by atoms with Crippen LogP contribution in [0.4, 0.5) is 5.69 Å². The Bertz CT molecular complexity index is 679. The Morgan fingerprint density at radius 1 is 1.13 bits per heavy atom. The second-order valence-electron chi connectivity index (χ2n) is 5.78. The van der Waals surface area contributed by atoms with Crippen LogP contribution in [0.25, 0.3) is 0 Å². The fraction of sp³-hybridized carbons (Fsp3) is 0.350. The smallest absolute Gasteiger partial charge is 0.265 e. The lowest BCUT2D eigenvalue weighted by atomic mass is 10.1. The summed E-state index contributed by atoms with van der Waals surface area (Å²) in [6.45, 7) is 8.05. The van der Waals surface area contributed by atoms with Crippen LogP contribution in [0.2, 0.25) is 0 Å². The van der Waals surface area contributed by atoms with E-state index in [4.69, 9.17) is 4.74 Å². The highest BCUT2D eigenvalue weighted by atomic mass is 16.5. The van der Waals surface area contributed by atoms with Gasteiger partial charge in [0.15, 0.2) is 6.10 Å². The van der Waals surface area contributed by atoms with E-state index in [0.29, 0.717) is 6.42 Å². The Hall–Kier alpha value is -2.29. The summed E-state index contributed by atoms with van der Waals surface area (Å²) in [7, 11) is 0. The van der Waals surface area contributed by atoms with E-state index in [-0.39, 0.29) is 5.91 Å². The average Bonchev–Trinajstić information content (AvgIpc) is 2.56. The normalized spacial score (nSPS) is 11.8. The molecule has 0 saturated heterocycles. The second-order valence-corrected chi connectivity index (χ2v) is 5.78. The summed E-state index contributed by atoms with van der Waals surface area (Å²) in [4.78, 5) is 12.6. The fourth-order valence-corrected chi connectivity index (χ4v) is 2.47. The van der Waals surface area contributed by atoms with Crippen molar-refractivity contribution in [2.45, 2.75) is 46.6 Å². The maximum absolute atomic E-state index is 12.6. The molecule has 0 bridgehead atoms. The molecule has 0 aliphatic heterocycles. The third kappa shape index (κ3) is 4.35. The van der Waals surface area contributed by atoms with Crippen molar-refractivity contribution in [1.29, 1.82) is 0 Å². The molecule has 2 aromatic rings. The van der Waals surface area contributed by atoms with E-state index >= 15 is 0 Å². The van der Waals surface area contributed by atoms with Crippen molar-refractivity contribution in [2.24, 2.45) is 0 Å². The average molecular weight is 311 g/mol. The summed E-state index contributed by atoms with van der Waals surface area (Å²) >= 11 is 0. The fourth-order valence-electron chi connectivity index (χ4n) is 2.47. The predicted octanol–water partition coefficient (Wildman–Crippen LogP) is 4.66. The van der Waals surface area contributed by atoms with Gasteiger partial charge in [0.2, 0.25) is 0 Å². The molecule has 0 fully saturated rings. The zero-order valence-electron chi connectivity index (χ0n) is 14.3. The Morgan fingerprint density at radius 2 is 1.87 bits per heavy atom. The molecule has 0 saturated carbocycles. The molecule has 122 valence electrons. The molecule has 2 aromatic carbocycles. The first kappa shape index (κ1) is 17.1. The number of nitrogens with one attached hydrogen (secondary N) is 1. The van der Waals surface area contributed by atoms with Gasteiger partial charge in [0, 0.05) is 5.69 Å². The van der Waals surface area contributed by atoms with Crippen molar-refractivity contribution in [3.8, 4) is 5.75 Å². The summed E-state index contributed by atoms with van der Waals surface area (Å²) in [5.74, 6) is 0.671. The minimum absolute atomic E-state index is 0.102. The largest absolute Gasteiger partial charge is 0.480 e. The number of hydrogen-bond acceptors (Lipinski definition) is 2. The van der Waals surface area contributed by atoms with Gasteiger partial charge in [0.1, 0.15) is 5.75 Å². The highest BCUT2D eigenvalue weighted by Gasteiger charge is 2.20. The van der Waals surface area contributed by atoms with Gasteiger partial charge < -0.3 is 10.1 Å². The molecule has 23 heavy (non-hydrogen) atoms. The van der Waals surface area contributed by atoms with E-state index < -0.39 is 6.10 Å². The Kier molecular flexibility index (Phi) is 5.80. The molecule has 2 rings (SSSR count). The van der Waals surface area contributed by atoms with Crippen LogP contribution < -0.4 is 10.1 Å². The van der Waals surface area contributed by atoms with E-state index in [0.717, 1.165) is 34.5 Å². The van der Waals surface area contributed by atoms with Crippen LogP contribution in [-0.2, 0) is 11.2 Å². The summed E-state index contributed by atoms with van der Waals surface area (Å²) in [5.41, 5.74) is 4.15. The molecule has 3 heteroatoms. The highest BCUT2D eigenvalue weighted by Crippen LogP contribution is 2.22. The van der Waals surface area contributed by atoms with Gasteiger partial charge in [-0.2, -0.15) is 0 Å². The second kappa shape index (κ2) is 7.82. The van der Waals surface area contributed by atoms with Gasteiger partial charge in [-0.05, 0) is 55.5 Å². The lowest BCUT2D eigenvalue weighted by Gasteiger charge is -2.20. The van der Waals surface area contributed by atoms with Gasteiger partial charge in [-0.3, -0.25) is 4.79 Å². The van der Waals surface area contributed by atoms with E-state index in [2.05, 4.69) is 12.2 Å². The topological polar surface area (TPSA) is 38.3 Å². The molecule has 0 aliphatic rings. The molecular weight excluding hydrogens is 286 g/mol. The van der Waals surface area contributed by atoms with Crippen LogP contribution in [0.5, 0.6) is 5.75 Å². The molecular formula is C20H25NO2. The third-order valence-electron chi connectivity index (χ3n) is 3.93. The van der Waals surface area contributed by atoms with Crippen LogP contribution in [0, 0.1) is 13.8 Å². The molecule has 0 aliphatic carbocycles. The number of hydrogen-bond donors (Lipinski definition) is 1. The maximum atomic E-state index is 12.6. The van der Waals surface area contributed by atoms with Crippen molar-refractivity contribution in [2.75, 3.05) is 5.32 Å². The Balaban J connectivity index is 2.14. The molecule has 0 radical (unpaired) electrons. The van der Waals surface area contributed by atoms with Crippen molar-refractivity contribution < 1.29 is 9.53 Å². The minimum Gasteiger partial charge on any atom is -0.480 e. The van der Waals surface area contributed by atoms with Crippen LogP contribution in [0.15, 0.2) is 42.5 Å². The Labute approximate surface area is 138 Å². The third-order valence-corrected chi connectivity index (χ3v) is 3.93. The summed E-state index contributed by atoms with van der Waals surface area (Å²) in [6, 6.07) is 13.9. The number of benzene rings is 2. The molecule has 1 amide bonds. The summed E-state index contributed by atoms with van der Waals surface area (Å²) in [5, 5.41) is 3.00. The van der Waals surface area contributed by atoms with Crippen LogP contribution in [0.1, 0.15) is 37.0 Å². The van der Waals surface area contributed by atoms with E-state index in [1.54, 1.807) is 0 Å². The lowest BCUT2D eigenvalue weighted by molar-refractivity contribution is -0.122. The number of rotatable bonds is 6. The van der Waals surface area contributed by atoms with Crippen molar-refractivity contribution >= 4 is 11.6 Å².